The van der Waals surface area contributed by atoms with E-state index in [0.717, 1.165) is 71.9 Å². The van der Waals surface area contributed by atoms with Gasteiger partial charge >= 0.3 is 0 Å². The molecular weight excluding hydrogens is 700 g/mol. The Morgan fingerprint density at radius 1 is 0.473 bits per heavy atom. The van der Waals surface area contributed by atoms with Crippen LogP contribution in [0.4, 0.5) is 0 Å². The number of rotatable bonds is 13. The second kappa shape index (κ2) is 17.3. The Morgan fingerprint density at radius 3 is 1.18 bits per heavy atom. The predicted molar refractivity (Wildman–Crippen MR) is 231 cm³/mol. The van der Waals surface area contributed by atoms with E-state index in [1.54, 1.807) is 0 Å². The van der Waals surface area contributed by atoms with Crippen LogP contribution in [0.5, 0.6) is 17.2 Å². The van der Waals surface area contributed by atoms with Gasteiger partial charge in [0, 0.05) is 32.6 Å². The number of aryl methyl sites for hydroxylation is 3. The quantitative estimate of drug-likeness (QED) is 0.0736. The number of benzene rings is 5. The number of aromatic hydroxyl groups is 1. The van der Waals surface area contributed by atoms with Crippen LogP contribution in [-0.4, -0.2) is 18.7 Å². The van der Waals surface area contributed by atoms with Crippen molar-refractivity contribution in [3.63, 3.8) is 0 Å². The molecule has 0 saturated heterocycles. The van der Waals surface area contributed by atoms with Gasteiger partial charge in [-0.1, -0.05) is 141 Å². The van der Waals surface area contributed by atoms with Crippen LogP contribution in [0.2, 0.25) is 0 Å². The van der Waals surface area contributed by atoms with Crippen LogP contribution in [-0.2, 0) is 38.9 Å². The van der Waals surface area contributed by atoms with Crippen LogP contribution < -0.4 is 25.4 Å². The molecule has 0 amide bonds. The van der Waals surface area contributed by atoms with Gasteiger partial charge in [-0.3, -0.25) is 0 Å². The van der Waals surface area contributed by atoms with Crippen molar-refractivity contribution in [1.29, 1.82) is 0 Å². The van der Waals surface area contributed by atoms with Crippen molar-refractivity contribution in [2.24, 2.45) is 0 Å². The first kappa shape index (κ1) is 42.0. The third-order valence-corrected chi connectivity index (χ3v) is 12.1. The monoisotopic (exact) mass is 760 g/mol. The summed E-state index contributed by atoms with van der Waals surface area (Å²) in [4.78, 5) is 0. The topological polar surface area (TPSA) is 57.2 Å². The summed E-state index contributed by atoms with van der Waals surface area (Å²) < 4.78 is 26.0. The molecule has 0 aliphatic rings. The third-order valence-electron chi connectivity index (χ3n) is 9.60. The molecule has 0 unspecified atom stereocenters. The number of hydrogen-bond donors (Lipinski definition) is 1. The van der Waals surface area contributed by atoms with Gasteiger partial charge in [0.15, 0.2) is 13.6 Å². The van der Waals surface area contributed by atoms with Crippen LogP contribution in [0, 0.1) is 20.8 Å². The first-order chi connectivity index (χ1) is 25.8. The molecule has 5 aromatic carbocycles. The lowest BCUT2D eigenvalue weighted by Crippen LogP contribution is -2.30. The molecule has 292 valence electrons. The molecular formula is C49H61O5P. The van der Waals surface area contributed by atoms with E-state index in [2.05, 4.69) is 144 Å². The Balaban J connectivity index is 1.77. The lowest BCUT2D eigenvalue weighted by atomic mass is 9.85. The van der Waals surface area contributed by atoms with Crippen molar-refractivity contribution in [3.05, 3.63) is 142 Å². The number of hydrogen-bond acceptors (Lipinski definition) is 5. The molecule has 5 nitrogen and oxygen atoms in total. The summed E-state index contributed by atoms with van der Waals surface area (Å²) in [5, 5.41) is 15.4. The lowest BCUT2D eigenvalue weighted by molar-refractivity contribution is 0.00471. The molecule has 0 spiro atoms. The lowest BCUT2D eigenvalue weighted by Gasteiger charge is -2.33. The maximum absolute atomic E-state index is 12.5. The second-order valence-corrected chi connectivity index (χ2v) is 19.9. The van der Waals surface area contributed by atoms with Crippen LogP contribution in [0.25, 0.3) is 0 Å². The minimum Gasteiger partial charge on any atom is -0.507 e. The summed E-state index contributed by atoms with van der Waals surface area (Å²) in [6.45, 7) is 27.2. The zero-order valence-corrected chi connectivity index (χ0v) is 36.0. The highest BCUT2D eigenvalue weighted by Gasteiger charge is 2.35. The van der Waals surface area contributed by atoms with Gasteiger partial charge in [0.1, 0.15) is 17.2 Å². The van der Waals surface area contributed by atoms with Gasteiger partial charge in [-0.25, -0.2) is 0 Å². The van der Waals surface area contributed by atoms with E-state index in [1.165, 1.54) is 0 Å². The van der Waals surface area contributed by atoms with E-state index >= 15 is 0 Å². The van der Waals surface area contributed by atoms with Crippen LogP contribution in [0.1, 0.15) is 107 Å². The van der Waals surface area contributed by atoms with Crippen molar-refractivity contribution >= 4 is 23.8 Å². The minimum absolute atomic E-state index is 0.0714. The molecule has 5 rings (SSSR count). The molecule has 1 N–H and O–H groups in total. The van der Waals surface area contributed by atoms with E-state index in [-0.39, 0.29) is 29.8 Å². The maximum Gasteiger partial charge on any atom is 0.189 e. The Bertz CT molecular complexity index is 1940. The normalized spacial score (nSPS) is 12.3. The zero-order chi connectivity index (χ0) is 40.1. The predicted octanol–water partition coefficient (Wildman–Crippen LogP) is 11.1. The van der Waals surface area contributed by atoms with Gasteiger partial charge in [0.05, 0.1) is 13.2 Å². The van der Waals surface area contributed by atoms with E-state index in [4.69, 9.17) is 18.9 Å². The summed E-state index contributed by atoms with van der Waals surface area (Å²) in [7, 11) is -1.49. The molecule has 6 heteroatoms. The zero-order valence-electron chi connectivity index (χ0n) is 35.1. The Kier molecular flexibility index (Phi) is 13.2. The summed E-state index contributed by atoms with van der Waals surface area (Å²) >= 11 is 0. The van der Waals surface area contributed by atoms with Crippen LogP contribution >= 0.6 is 7.92 Å². The summed E-state index contributed by atoms with van der Waals surface area (Å²) in [5.41, 5.74) is 7.74. The van der Waals surface area contributed by atoms with Gasteiger partial charge in [-0.15, -0.1) is 0 Å². The third kappa shape index (κ3) is 10.6. The van der Waals surface area contributed by atoms with E-state index in [9.17, 15) is 5.11 Å². The van der Waals surface area contributed by atoms with E-state index in [0.29, 0.717) is 19.0 Å². The summed E-state index contributed by atoms with van der Waals surface area (Å²) in [6, 6.07) is 33.5. The average Bonchev–Trinajstić information content (AvgIpc) is 3.10. The van der Waals surface area contributed by atoms with E-state index in [1.807, 2.05) is 36.4 Å². The molecule has 0 aliphatic carbocycles. The first-order valence-electron chi connectivity index (χ1n) is 19.3. The summed E-state index contributed by atoms with van der Waals surface area (Å²) in [6.07, 6.45) is 0. The molecule has 0 radical (unpaired) electrons. The standard InChI is InChI=1S/C49H61O5P/c1-33-23-38(47(4,5)6)44(50)41(26-33)55(42-27-34(2)24-39(48(7,8)9)45(42)53-31-51-29-36-19-15-13-16-20-36)43-28-35(3)25-40(49(10,11)12)46(43)54-32-52-30-37-21-17-14-18-22-37/h13-28,50H,29-32H2,1-12H3. The molecule has 0 aromatic heterocycles. The molecule has 0 fully saturated rings. The average molecular weight is 761 g/mol. The van der Waals surface area contributed by atoms with Gasteiger partial charge in [0.25, 0.3) is 0 Å². The Hall–Kier alpha value is -4.15. The van der Waals surface area contributed by atoms with Crippen LogP contribution in [0.3, 0.4) is 0 Å². The van der Waals surface area contributed by atoms with Crippen molar-refractivity contribution in [2.45, 2.75) is 113 Å². The SMILES string of the molecule is Cc1cc(P(c2cc(C)cc(C(C)(C)C)c2OCOCc2ccccc2)c2cc(C)cc(C(C)(C)C)c2OCOCc2ccccc2)c(O)c(C(C)(C)C)c1. The van der Waals surface area contributed by atoms with Crippen molar-refractivity contribution in [1.82, 2.24) is 0 Å². The molecule has 0 aliphatic heterocycles. The van der Waals surface area contributed by atoms with Crippen LogP contribution in [0.15, 0.2) is 97.1 Å². The smallest absolute Gasteiger partial charge is 0.189 e. The first-order valence-corrected chi connectivity index (χ1v) is 20.6. The highest BCUT2D eigenvalue weighted by Crippen LogP contribution is 2.49. The molecule has 0 saturated carbocycles. The fraction of sp³-hybridized carbons (Fsp3) is 0.388. The van der Waals surface area contributed by atoms with Crippen molar-refractivity contribution in [3.8, 4) is 17.2 Å². The maximum atomic E-state index is 12.5. The van der Waals surface area contributed by atoms with Gasteiger partial charge in [0.2, 0.25) is 0 Å². The fourth-order valence-corrected chi connectivity index (χ4v) is 9.70. The number of phenols is 1. The summed E-state index contributed by atoms with van der Waals surface area (Å²) in [5.74, 6) is 1.86. The van der Waals surface area contributed by atoms with Gasteiger partial charge < -0.3 is 24.1 Å². The number of ether oxygens (including phenoxy) is 4. The molecule has 0 atom stereocenters. The van der Waals surface area contributed by atoms with Gasteiger partial charge in [-0.2, -0.15) is 0 Å². The minimum atomic E-state index is -1.49. The largest absolute Gasteiger partial charge is 0.507 e. The van der Waals surface area contributed by atoms with Crippen molar-refractivity contribution < 1.29 is 24.1 Å². The Labute approximate surface area is 331 Å². The van der Waals surface area contributed by atoms with Crippen molar-refractivity contribution in [2.75, 3.05) is 13.6 Å². The highest BCUT2D eigenvalue weighted by atomic mass is 31.1. The molecule has 0 bridgehead atoms. The molecule has 0 heterocycles. The fourth-order valence-electron chi connectivity index (χ4n) is 6.82. The molecule has 55 heavy (non-hydrogen) atoms. The molecule has 5 aromatic rings. The Morgan fingerprint density at radius 2 is 0.818 bits per heavy atom. The second-order valence-electron chi connectivity index (χ2n) is 17.8. The number of phenolic OH excluding ortho intramolecular Hbond substituents is 1. The highest BCUT2D eigenvalue weighted by molar-refractivity contribution is 7.80. The van der Waals surface area contributed by atoms with E-state index < -0.39 is 7.92 Å². The van der Waals surface area contributed by atoms with Gasteiger partial charge in [-0.05, 0) is 91.0 Å².